The van der Waals surface area contributed by atoms with Crippen molar-refractivity contribution in [3.05, 3.63) is 57.6 Å². The molecule has 0 fully saturated rings. The summed E-state index contributed by atoms with van der Waals surface area (Å²) in [6.45, 7) is 1.52. The molecule has 0 aliphatic carbocycles. The molecule has 0 heterocycles. The molecule has 0 spiro atoms. The number of anilines is 1. The van der Waals surface area contributed by atoms with E-state index in [0.717, 1.165) is 0 Å². The fourth-order valence-electron chi connectivity index (χ4n) is 2.23. The van der Waals surface area contributed by atoms with Gasteiger partial charge < -0.3 is 19.5 Å². The molecule has 28 heavy (non-hydrogen) atoms. The van der Waals surface area contributed by atoms with Crippen molar-refractivity contribution in [2.75, 3.05) is 19.5 Å². The number of esters is 2. The van der Waals surface area contributed by atoms with Crippen LogP contribution in [-0.2, 0) is 14.3 Å². The summed E-state index contributed by atoms with van der Waals surface area (Å²) in [6.07, 6.45) is -0.929. The molecule has 0 aromatic heterocycles. The van der Waals surface area contributed by atoms with E-state index < -0.39 is 23.9 Å². The minimum atomic E-state index is -0.929. The first-order valence-electron chi connectivity index (χ1n) is 7.99. The van der Waals surface area contributed by atoms with E-state index in [4.69, 9.17) is 27.9 Å². The lowest BCUT2D eigenvalue weighted by Gasteiger charge is -2.16. The summed E-state index contributed by atoms with van der Waals surface area (Å²) in [5, 5.41) is 3.27. The average Bonchev–Trinajstić information content (AvgIpc) is 2.68. The number of methoxy groups -OCH3 is 2. The second kappa shape index (κ2) is 9.43. The number of amides is 1. The zero-order valence-corrected chi connectivity index (χ0v) is 16.8. The van der Waals surface area contributed by atoms with Crippen LogP contribution in [0, 0.1) is 0 Å². The van der Waals surface area contributed by atoms with Gasteiger partial charge in [0.1, 0.15) is 5.75 Å². The van der Waals surface area contributed by atoms with Crippen molar-refractivity contribution in [3.63, 3.8) is 0 Å². The van der Waals surface area contributed by atoms with E-state index in [9.17, 15) is 14.4 Å². The normalized spacial score (nSPS) is 11.3. The number of hydrogen-bond donors (Lipinski definition) is 1. The van der Waals surface area contributed by atoms with E-state index in [1.807, 2.05) is 0 Å². The highest BCUT2D eigenvalue weighted by molar-refractivity contribution is 6.35. The fourth-order valence-corrected chi connectivity index (χ4v) is 2.68. The maximum atomic E-state index is 12.5. The summed E-state index contributed by atoms with van der Waals surface area (Å²) >= 11 is 11.9. The van der Waals surface area contributed by atoms with Crippen LogP contribution in [-0.4, -0.2) is 38.2 Å². The van der Waals surface area contributed by atoms with Crippen molar-refractivity contribution in [2.24, 2.45) is 0 Å². The minimum Gasteiger partial charge on any atom is -0.479 e. The monoisotopic (exact) mass is 425 g/mol. The van der Waals surface area contributed by atoms with Crippen LogP contribution in [0.25, 0.3) is 0 Å². The Balaban J connectivity index is 2.21. The highest BCUT2D eigenvalue weighted by Crippen LogP contribution is 2.28. The molecule has 0 saturated carbocycles. The Kier molecular flexibility index (Phi) is 7.25. The third-order valence-corrected chi connectivity index (χ3v) is 4.14. The van der Waals surface area contributed by atoms with E-state index in [1.54, 1.807) is 12.1 Å². The lowest BCUT2D eigenvalue weighted by Crippen LogP contribution is -2.30. The van der Waals surface area contributed by atoms with Crippen LogP contribution in [0.5, 0.6) is 5.75 Å². The van der Waals surface area contributed by atoms with Crippen molar-refractivity contribution >= 4 is 46.7 Å². The lowest BCUT2D eigenvalue weighted by molar-refractivity contribution is -0.122. The third kappa shape index (κ3) is 5.37. The van der Waals surface area contributed by atoms with Gasteiger partial charge in [-0.1, -0.05) is 23.2 Å². The van der Waals surface area contributed by atoms with E-state index in [-0.39, 0.29) is 27.6 Å². The molecule has 1 amide bonds. The molecule has 0 unspecified atom stereocenters. The maximum Gasteiger partial charge on any atom is 0.337 e. The quantitative estimate of drug-likeness (QED) is 0.703. The van der Waals surface area contributed by atoms with Gasteiger partial charge in [0.2, 0.25) is 0 Å². The van der Waals surface area contributed by atoms with Crippen LogP contribution < -0.4 is 10.1 Å². The molecule has 0 aliphatic heterocycles. The van der Waals surface area contributed by atoms with Gasteiger partial charge in [0.25, 0.3) is 5.91 Å². The van der Waals surface area contributed by atoms with Crippen molar-refractivity contribution in [1.29, 1.82) is 0 Å². The third-order valence-electron chi connectivity index (χ3n) is 3.61. The number of carbonyl (C=O) groups excluding carboxylic acids is 3. The summed E-state index contributed by atoms with van der Waals surface area (Å²) in [5.74, 6) is -1.58. The van der Waals surface area contributed by atoms with Gasteiger partial charge in [-0.3, -0.25) is 4.79 Å². The van der Waals surface area contributed by atoms with Crippen molar-refractivity contribution < 1.29 is 28.6 Å². The fraction of sp³-hybridized carbons (Fsp3) is 0.211. The van der Waals surface area contributed by atoms with Crippen LogP contribution in [0.2, 0.25) is 10.0 Å². The molecule has 148 valence electrons. The summed E-state index contributed by atoms with van der Waals surface area (Å²) in [7, 11) is 2.41. The van der Waals surface area contributed by atoms with E-state index in [1.165, 1.54) is 45.4 Å². The molecule has 1 atom stereocenters. The largest absolute Gasteiger partial charge is 0.479 e. The summed E-state index contributed by atoms with van der Waals surface area (Å²) in [5.41, 5.74) is 0.357. The Morgan fingerprint density at radius 1 is 0.929 bits per heavy atom. The van der Waals surface area contributed by atoms with Gasteiger partial charge in [-0.2, -0.15) is 0 Å². The molecule has 0 radical (unpaired) electrons. The molecule has 0 bridgehead atoms. The van der Waals surface area contributed by atoms with Gasteiger partial charge >= 0.3 is 11.9 Å². The second-order valence-corrected chi connectivity index (χ2v) is 6.45. The number of nitrogens with one attached hydrogen (secondary N) is 1. The topological polar surface area (TPSA) is 90.9 Å². The first kappa shape index (κ1) is 21.5. The number of benzene rings is 2. The number of carbonyl (C=O) groups is 3. The Bertz CT molecular complexity index is 881. The standard InChI is InChI=1S/C19H17Cl2NO6/c1-10(28-16-5-4-13(20)9-15(16)21)17(23)22-14-7-11(18(24)26-2)6-12(8-14)19(25)27-3/h4-10H,1-3H3,(H,22,23)/t10-/m0/s1. The van der Waals surface area contributed by atoms with Crippen molar-refractivity contribution in [1.82, 2.24) is 0 Å². The van der Waals surface area contributed by atoms with Gasteiger partial charge in [-0.15, -0.1) is 0 Å². The Morgan fingerprint density at radius 2 is 1.50 bits per heavy atom. The number of halogens is 2. The van der Waals surface area contributed by atoms with Gasteiger partial charge in [-0.25, -0.2) is 9.59 Å². The summed E-state index contributed by atoms with van der Waals surface area (Å²) in [4.78, 5) is 36.1. The van der Waals surface area contributed by atoms with Gasteiger partial charge in [0.15, 0.2) is 6.10 Å². The Labute approximate surface area is 171 Å². The highest BCUT2D eigenvalue weighted by Gasteiger charge is 2.19. The zero-order valence-electron chi connectivity index (χ0n) is 15.2. The minimum absolute atomic E-state index is 0.0787. The van der Waals surface area contributed by atoms with Crippen molar-refractivity contribution in [3.8, 4) is 5.75 Å². The highest BCUT2D eigenvalue weighted by atomic mass is 35.5. The molecule has 2 aromatic carbocycles. The number of ether oxygens (including phenoxy) is 3. The number of rotatable bonds is 6. The first-order chi connectivity index (χ1) is 13.2. The molecule has 0 aliphatic rings. The maximum absolute atomic E-state index is 12.5. The zero-order chi connectivity index (χ0) is 20.8. The summed E-state index contributed by atoms with van der Waals surface area (Å²) < 4.78 is 14.9. The lowest BCUT2D eigenvalue weighted by atomic mass is 10.1. The average molecular weight is 426 g/mol. The Hall–Kier alpha value is -2.77. The molecule has 2 rings (SSSR count). The smallest absolute Gasteiger partial charge is 0.337 e. The van der Waals surface area contributed by atoms with Crippen LogP contribution in [0.3, 0.4) is 0 Å². The Morgan fingerprint density at radius 3 is 2.00 bits per heavy atom. The summed E-state index contributed by atoms with van der Waals surface area (Å²) in [6, 6.07) is 8.67. The molecular weight excluding hydrogens is 409 g/mol. The van der Waals surface area contributed by atoms with Crippen LogP contribution in [0.15, 0.2) is 36.4 Å². The SMILES string of the molecule is COC(=O)c1cc(NC(=O)[C@H](C)Oc2ccc(Cl)cc2Cl)cc(C(=O)OC)c1. The van der Waals surface area contributed by atoms with E-state index in [2.05, 4.69) is 14.8 Å². The van der Waals surface area contributed by atoms with E-state index in [0.29, 0.717) is 5.02 Å². The van der Waals surface area contributed by atoms with Crippen LogP contribution in [0.4, 0.5) is 5.69 Å². The molecule has 1 N–H and O–H groups in total. The van der Waals surface area contributed by atoms with E-state index >= 15 is 0 Å². The molecule has 2 aromatic rings. The molecule has 0 saturated heterocycles. The van der Waals surface area contributed by atoms with Gasteiger partial charge in [-0.05, 0) is 43.3 Å². The second-order valence-electron chi connectivity index (χ2n) is 5.61. The molecule has 9 heteroatoms. The number of hydrogen-bond acceptors (Lipinski definition) is 6. The predicted molar refractivity (Wildman–Crippen MR) is 104 cm³/mol. The van der Waals surface area contributed by atoms with Gasteiger partial charge in [0.05, 0.1) is 30.4 Å². The van der Waals surface area contributed by atoms with Crippen molar-refractivity contribution in [2.45, 2.75) is 13.0 Å². The molecular formula is C19H17Cl2NO6. The molecule has 7 nitrogen and oxygen atoms in total. The van der Waals surface area contributed by atoms with Crippen LogP contribution in [0.1, 0.15) is 27.6 Å². The predicted octanol–water partition coefficient (Wildman–Crippen LogP) is 3.97. The van der Waals surface area contributed by atoms with Crippen LogP contribution >= 0.6 is 23.2 Å². The first-order valence-corrected chi connectivity index (χ1v) is 8.75. The van der Waals surface area contributed by atoms with Gasteiger partial charge in [0, 0.05) is 10.7 Å².